The number of benzene rings is 2. The van der Waals surface area contributed by atoms with Gasteiger partial charge in [-0.1, -0.05) is 20.3 Å². The molecule has 3 rings (SSSR count). The molecule has 1 unspecified atom stereocenters. The molecule has 0 saturated carbocycles. The summed E-state index contributed by atoms with van der Waals surface area (Å²) in [5, 5.41) is 0. The molecule has 0 aromatic heterocycles. The van der Waals surface area contributed by atoms with Crippen LogP contribution in [0, 0.1) is 5.82 Å². The maximum absolute atomic E-state index is 15.4. The van der Waals surface area contributed by atoms with Crippen molar-refractivity contribution in [3.05, 3.63) is 53.8 Å². The number of likely N-dealkylation sites (N-methyl/N-ethyl adjacent to an activating group) is 1. The number of carbonyl (C=O) groups excluding carboxylic acids is 2. The lowest BCUT2D eigenvalue weighted by atomic mass is 10.1. The van der Waals surface area contributed by atoms with Gasteiger partial charge in [0.2, 0.25) is 0 Å². The number of hydrogen-bond acceptors (Lipinski definition) is 5. The maximum Gasteiger partial charge on any atom is 0.410 e. The van der Waals surface area contributed by atoms with Crippen molar-refractivity contribution >= 4 is 23.4 Å². The summed E-state index contributed by atoms with van der Waals surface area (Å²) in [6.07, 6.45) is 3.10. The first kappa shape index (κ1) is 29.3. The summed E-state index contributed by atoms with van der Waals surface area (Å²) in [6, 6.07) is 12.0. The van der Waals surface area contributed by atoms with Crippen LogP contribution in [0.2, 0.25) is 0 Å². The highest BCUT2D eigenvalue weighted by Gasteiger charge is 2.32. The van der Waals surface area contributed by atoms with E-state index in [-0.39, 0.29) is 19.5 Å². The summed E-state index contributed by atoms with van der Waals surface area (Å²) < 4.78 is 26.6. The smallest absolute Gasteiger partial charge is 0.410 e. The zero-order valence-corrected chi connectivity index (χ0v) is 23.6. The van der Waals surface area contributed by atoms with Gasteiger partial charge in [0.1, 0.15) is 17.2 Å². The van der Waals surface area contributed by atoms with Crippen LogP contribution in [0.3, 0.4) is 0 Å². The predicted octanol–water partition coefficient (Wildman–Crippen LogP) is 6.75. The van der Waals surface area contributed by atoms with Crippen LogP contribution in [0.4, 0.5) is 20.6 Å². The Labute approximate surface area is 228 Å². The monoisotopic (exact) mass is 529 g/mol. The maximum atomic E-state index is 15.4. The van der Waals surface area contributed by atoms with Crippen LogP contribution >= 0.6 is 0 Å². The number of carbonyl (C=O) groups is 2. The van der Waals surface area contributed by atoms with E-state index in [1.165, 1.54) is 6.07 Å². The molecule has 1 fully saturated rings. The highest BCUT2D eigenvalue weighted by molar-refractivity contribution is 6.06. The number of ether oxygens (including phenoxy) is 2. The van der Waals surface area contributed by atoms with Crippen LogP contribution in [0.1, 0.15) is 72.1 Å². The number of nitrogens with zero attached hydrogens (tertiary/aromatic N) is 3. The molecule has 210 valence electrons. The highest BCUT2D eigenvalue weighted by Crippen LogP contribution is 2.30. The fraction of sp³-hybridized carbons (Fsp3) is 0.533. The van der Waals surface area contributed by atoms with Gasteiger partial charge < -0.3 is 24.2 Å². The predicted molar refractivity (Wildman–Crippen MR) is 152 cm³/mol. The average Bonchev–Trinajstić information content (AvgIpc) is 3.36. The Hall–Kier alpha value is -3.29. The summed E-state index contributed by atoms with van der Waals surface area (Å²) in [5.74, 6) is 0.157. The summed E-state index contributed by atoms with van der Waals surface area (Å²) >= 11 is 0. The second-order valence-corrected chi connectivity index (χ2v) is 10.8. The van der Waals surface area contributed by atoms with Gasteiger partial charge in [-0.3, -0.25) is 4.79 Å². The molecule has 7 nitrogen and oxygen atoms in total. The van der Waals surface area contributed by atoms with E-state index in [9.17, 15) is 9.59 Å². The molecule has 0 radical (unpaired) electrons. The lowest BCUT2D eigenvalue weighted by molar-refractivity contribution is 0.0237. The zero-order valence-electron chi connectivity index (χ0n) is 23.6. The van der Waals surface area contributed by atoms with Gasteiger partial charge in [-0.2, -0.15) is 0 Å². The van der Waals surface area contributed by atoms with Gasteiger partial charge in [-0.15, -0.1) is 0 Å². The lowest BCUT2D eigenvalue weighted by Crippen LogP contribution is -2.42. The van der Waals surface area contributed by atoms with Gasteiger partial charge in [-0.05, 0) is 82.5 Å². The summed E-state index contributed by atoms with van der Waals surface area (Å²) in [7, 11) is 1.72. The molecule has 2 aromatic carbocycles. The third-order valence-corrected chi connectivity index (χ3v) is 6.54. The van der Waals surface area contributed by atoms with E-state index in [1.807, 2.05) is 32.6 Å². The Morgan fingerprint density at radius 3 is 2.42 bits per heavy atom. The van der Waals surface area contributed by atoms with E-state index in [0.29, 0.717) is 43.2 Å². The van der Waals surface area contributed by atoms with Gasteiger partial charge in [0.05, 0.1) is 18.3 Å². The first-order valence-electron chi connectivity index (χ1n) is 13.6. The molecule has 1 atom stereocenters. The van der Waals surface area contributed by atoms with Crippen molar-refractivity contribution in [3.63, 3.8) is 0 Å². The standard InChI is InChI=1S/C30H42FN3O4.H2/c1-7-9-19-37-25-13-10-22(11-14-25)28(35)34(17-8-2)23-12-15-27(26(31)20-23)33-18-16-24(21-33)32(6)29(36)38-30(3,4)5;/h10-15,20,24H,7-9,16-19,21H2,1-6H3;1H. The zero-order chi connectivity index (χ0) is 27.9. The number of rotatable bonds is 10. The van der Waals surface area contributed by atoms with Crippen molar-refractivity contribution in [1.29, 1.82) is 0 Å². The Bertz CT molecular complexity index is 1090. The quantitative estimate of drug-likeness (QED) is 0.319. The molecule has 1 aliphatic rings. The van der Waals surface area contributed by atoms with Crippen LogP contribution in [-0.2, 0) is 4.74 Å². The molecule has 0 bridgehead atoms. The van der Waals surface area contributed by atoms with Crippen molar-refractivity contribution in [2.45, 2.75) is 71.9 Å². The van der Waals surface area contributed by atoms with Gasteiger partial charge in [0, 0.05) is 39.4 Å². The molecule has 8 heteroatoms. The second kappa shape index (κ2) is 13.0. The van der Waals surface area contributed by atoms with Crippen molar-refractivity contribution in [1.82, 2.24) is 4.90 Å². The van der Waals surface area contributed by atoms with Crippen LogP contribution in [0.15, 0.2) is 42.5 Å². The lowest BCUT2D eigenvalue weighted by Gasteiger charge is -2.29. The fourth-order valence-corrected chi connectivity index (χ4v) is 4.44. The molecule has 0 N–H and O–H groups in total. The molecular weight excluding hydrogens is 485 g/mol. The van der Waals surface area contributed by atoms with E-state index < -0.39 is 11.4 Å². The molecule has 1 saturated heterocycles. The van der Waals surface area contributed by atoms with E-state index in [1.54, 1.807) is 53.2 Å². The minimum Gasteiger partial charge on any atom is -0.494 e. The molecular formula is C30H44FN3O4. The van der Waals surface area contributed by atoms with E-state index in [0.717, 1.165) is 31.4 Å². The first-order chi connectivity index (χ1) is 18.0. The molecule has 0 spiro atoms. The largest absolute Gasteiger partial charge is 0.494 e. The Balaban J connectivity index is 0.00000533. The highest BCUT2D eigenvalue weighted by atomic mass is 19.1. The SMILES string of the molecule is CCCCOc1ccc(C(=O)N(CCC)c2ccc(N3CCC(N(C)C(=O)OC(C)(C)C)C3)c(F)c2)cc1.[HH]. The van der Waals surface area contributed by atoms with Crippen LogP contribution < -0.4 is 14.5 Å². The van der Waals surface area contributed by atoms with Crippen molar-refractivity contribution < 1.29 is 24.9 Å². The Morgan fingerprint density at radius 2 is 1.82 bits per heavy atom. The van der Waals surface area contributed by atoms with Gasteiger partial charge in [0.25, 0.3) is 5.91 Å². The second-order valence-electron chi connectivity index (χ2n) is 10.8. The van der Waals surface area contributed by atoms with Crippen molar-refractivity contribution in [2.24, 2.45) is 0 Å². The van der Waals surface area contributed by atoms with Crippen LogP contribution in [-0.4, -0.2) is 61.8 Å². The van der Waals surface area contributed by atoms with E-state index >= 15 is 4.39 Å². The third-order valence-electron chi connectivity index (χ3n) is 6.54. The molecule has 38 heavy (non-hydrogen) atoms. The third kappa shape index (κ3) is 7.62. The van der Waals surface area contributed by atoms with Gasteiger partial charge >= 0.3 is 6.09 Å². The normalized spacial score (nSPS) is 15.3. The molecule has 1 heterocycles. The van der Waals surface area contributed by atoms with E-state index in [4.69, 9.17) is 9.47 Å². The summed E-state index contributed by atoms with van der Waals surface area (Å²) in [6.45, 7) is 11.8. The number of unbranched alkanes of at least 4 members (excludes halogenated alkanes) is 1. The number of amides is 2. The Kier molecular flexibility index (Phi) is 10.00. The average molecular weight is 530 g/mol. The molecule has 1 aliphatic heterocycles. The minimum absolute atomic E-state index is 0. The van der Waals surface area contributed by atoms with Crippen LogP contribution in [0.25, 0.3) is 0 Å². The fourth-order valence-electron chi connectivity index (χ4n) is 4.44. The number of hydrogen-bond donors (Lipinski definition) is 0. The van der Waals surface area contributed by atoms with E-state index in [2.05, 4.69) is 6.92 Å². The summed E-state index contributed by atoms with van der Waals surface area (Å²) in [4.78, 5) is 31.0. The van der Waals surface area contributed by atoms with Crippen LogP contribution in [0.5, 0.6) is 5.75 Å². The van der Waals surface area contributed by atoms with Crippen molar-refractivity contribution in [3.8, 4) is 5.75 Å². The minimum atomic E-state index is -0.572. The first-order valence-corrected chi connectivity index (χ1v) is 13.6. The Morgan fingerprint density at radius 1 is 1.11 bits per heavy atom. The topological polar surface area (TPSA) is 62.3 Å². The molecule has 0 aliphatic carbocycles. The van der Waals surface area contributed by atoms with Crippen molar-refractivity contribution in [2.75, 3.05) is 43.1 Å². The number of anilines is 2. The van der Waals surface area contributed by atoms with Gasteiger partial charge in [-0.25, -0.2) is 9.18 Å². The molecule has 2 amide bonds. The molecule has 2 aromatic rings. The van der Waals surface area contributed by atoms with Gasteiger partial charge in [0.15, 0.2) is 0 Å². The number of halogens is 1. The summed E-state index contributed by atoms with van der Waals surface area (Å²) in [5.41, 5.74) is 0.935.